The van der Waals surface area contributed by atoms with E-state index >= 15 is 0 Å². The minimum atomic E-state index is 0.715. The molecule has 1 rings (SSSR count). The third kappa shape index (κ3) is 3.81. The maximum absolute atomic E-state index is 2.35. The monoisotopic (exact) mass is 209 g/mol. The molecule has 0 aromatic heterocycles. The molecule has 1 saturated carbocycles. The van der Waals surface area contributed by atoms with E-state index in [1.54, 1.807) is 0 Å². The SMILES string of the molecule is CCC[C]1CCCC(CCC)(CCC)C1. The molecule has 0 heterocycles. The van der Waals surface area contributed by atoms with Crippen molar-refractivity contribution in [3.05, 3.63) is 5.92 Å². The van der Waals surface area contributed by atoms with Crippen molar-refractivity contribution < 1.29 is 0 Å². The minimum absolute atomic E-state index is 0.715. The smallest absolute Gasteiger partial charge is 0.0236 e. The van der Waals surface area contributed by atoms with Crippen LogP contribution in [0, 0.1) is 11.3 Å². The molecule has 1 aliphatic carbocycles. The maximum Gasteiger partial charge on any atom is -0.0236 e. The van der Waals surface area contributed by atoms with Gasteiger partial charge in [-0.1, -0.05) is 46.5 Å². The Morgan fingerprint density at radius 3 is 2.20 bits per heavy atom. The predicted molar refractivity (Wildman–Crippen MR) is 68.9 cm³/mol. The van der Waals surface area contributed by atoms with E-state index in [2.05, 4.69) is 20.8 Å². The summed E-state index contributed by atoms with van der Waals surface area (Å²) in [6, 6.07) is 0. The van der Waals surface area contributed by atoms with Gasteiger partial charge in [0, 0.05) is 0 Å². The predicted octanol–water partition coefficient (Wildman–Crippen LogP) is 5.52. The van der Waals surface area contributed by atoms with E-state index in [1.807, 2.05) is 5.92 Å². The van der Waals surface area contributed by atoms with Gasteiger partial charge in [-0.3, -0.25) is 0 Å². The first-order chi connectivity index (χ1) is 7.26. The lowest BCUT2D eigenvalue weighted by Crippen LogP contribution is -2.27. The third-order valence-corrected chi connectivity index (χ3v) is 4.03. The van der Waals surface area contributed by atoms with Crippen LogP contribution in [0.1, 0.15) is 85.0 Å². The summed E-state index contributed by atoms with van der Waals surface area (Å²) >= 11 is 0. The molecule has 0 saturated heterocycles. The summed E-state index contributed by atoms with van der Waals surface area (Å²) in [6.07, 6.45) is 14.3. The van der Waals surface area contributed by atoms with Crippen molar-refractivity contribution in [2.75, 3.05) is 0 Å². The molecule has 0 unspecified atom stereocenters. The Hall–Kier alpha value is 0. The average molecular weight is 209 g/mol. The van der Waals surface area contributed by atoms with Crippen molar-refractivity contribution in [3.63, 3.8) is 0 Å². The van der Waals surface area contributed by atoms with E-state index in [1.165, 1.54) is 64.2 Å². The van der Waals surface area contributed by atoms with Crippen molar-refractivity contribution in [1.82, 2.24) is 0 Å². The molecule has 1 aliphatic rings. The van der Waals surface area contributed by atoms with E-state index < -0.39 is 0 Å². The van der Waals surface area contributed by atoms with Gasteiger partial charge in [-0.15, -0.1) is 0 Å². The summed E-state index contributed by atoms with van der Waals surface area (Å²) in [5.74, 6) is 1.88. The zero-order valence-corrected chi connectivity index (χ0v) is 11.1. The molecule has 0 aromatic rings. The van der Waals surface area contributed by atoms with E-state index in [-0.39, 0.29) is 0 Å². The van der Waals surface area contributed by atoms with Crippen LogP contribution < -0.4 is 0 Å². The molecule has 89 valence electrons. The Balaban J connectivity index is 2.53. The van der Waals surface area contributed by atoms with Gasteiger partial charge >= 0.3 is 0 Å². The molecule has 0 nitrogen and oxygen atoms in total. The lowest BCUT2D eigenvalue weighted by Gasteiger charge is -2.41. The summed E-state index contributed by atoms with van der Waals surface area (Å²) in [5.41, 5.74) is 0.715. The van der Waals surface area contributed by atoms with Gasteiger partial charge in [0.1, 0.15) is 0 Å². The van der Waals surface area contributed by atoms with Crippen molar-refractivity contribution >= 4 is 0 Å². The normalized spacial score (nSPS) is 21.8. The van der Waals surface area contributed by atoms with Crippen LogP contribution in [-0.2, 0) is 0 Å². The fourth-order valence-electron chi connectivity index (χ4n) is 3.60. The van der Waals surface area contributed by atoms with Gasteiger partial charge in [0.15, 0.2) is 0 Å². The molecule has 15 heavy (non-hydrogen) atoms. The summed E-state index contributed by atoms with van der Waals surface area (Å²) in [6.45, 7) is 7.03. The van der Waals surface area contributed by atoms with Gasteiger partial charge in [-0.05, 0) is 49.9 Å². The van der Waals surface area contributed by atoms with Crippen LogP contribution in [0.2, 0.25) is 0 Å². The Labute approximate surface area is 96.8 Å². The van der Waals surface area contributed by atoms with Crippen LogP contribution >= 0.6 is 0 Å². The van der Waals surface area contributed by atoms with E-state index in [0.717, 1.165) is 0 Å². The Kier molecular flexibility index (Phi) is 5.71. The van der Waals surface area contributed by atoms with Crippen molar-refractivity contribution in [2.45, 2.75) is 85.0 Å². The number of hydrogen-bond donors (Lipinski definition) is 0. The molecule has 0 amide bonds. The van der Waals surface area contributed by atoms with Crippen LogP contribution in [0.15, 0.2) is 0 Å². The highest BCUT2D eigenvalue weighted by Gasteiger charge is 2.34. The van der Waals surface area contributed by atoms with E-state index in [4.69, 9.17) is 0 Å². The summed E-state index contributed by atoms with van der Waals surface area (Å²) in [4.78, 5) is 0. The minimum Gasteiger partial charge on any atom is -0.0654 e. The largest absolute Gasteiger partial charge is 0.0654 e. The van der Waals surface area contributed by atoms with E-state index in [9.17, 15) is 0 Å². The molecule has 0 N–H and O–H groups in total. The fraction of sp³-hybridized carbons (Fsp3) is 0.933. The second-order valence-electron chi connectivity index (χ2n) is 5.53. The molecule has 0 heteroatoms. The van der Waals surface area contributed by atoms with Crippen LogP contribution in [0.3, 0.4) is 0 Å². The highest BCUT2D eigenvalue weighted by atomic mass is 14.4. The molecule has 0 aliphatic heterocycles. The van der Waals surface area contributed by atoms with Gasteiger partial charge in [0.2, 0.25) is 0 Å². The van der Waals surface area contributed by atoms with Gasteiger partial charge in [0.05, 0.1) is 0 Å². The van der Waals surface area contributed by atoms with Gasteiger partial charge in [-0.25, -0.2) is 0 Å². The number of rotatable bonds is 6. The average Bonchev–Trinajstić information content (AvgIpc) is 2.19. The summed E-state index contributed by atoms with van der Waals surface area (Å²) in [5, 5.41) is 0. The molecule has 0 spiro atoms. The lowest BCUT2D eigenvalue weighted by atomic mass is 9.64. The molecule has 0 atom stereocenters. The summed E-state index contributed by atoms with van der Waals surface area (Å²) < 4.78 is 0. The zero-order chi connectivity index (χ0) is 11.1. The Bertz CT molecular complexity index is 146. The highest BCUT2D eigenvalue weighted by molar-refractivity contribution is 5.01. The number of hydrogen-bond acceptors (Lipinski definition) is 0. The second-order valence-corrected chi connectivity index (χ2v) is 5.53. The molecule has 0 bridgehead atoms. The maximum atomic E-state index is 2.35. The zero-order valence-electron chi connectivity index (χ0n) is 11.1. The molecule has 0 aromatic carbocycles. The molecular weight excluding hydrogens is 180 g/mol. The topological polar surface area (TPSA) is 0 Å². The first-order valence-corrected chi connectivity index (χ1v) is 7.10. The van der Waals surface area contributed by atoms with Crippen LogP contribution in [0.25, 0.3) is 0 Å². The van der Waals surface area contributed by atoms with E-state index in [0.29, 0.717) is 5.41 Å². The third-order valence-electron chi connectivity index (χ3n) is 4.03. The van der Waals surface area contributed by atoms with Crippen molar-refractivity contribution in [1.29, 1.82) is 0 Å². The molecular formula is C15H29. The Morgan fingerprint density at radius 1 is 1.00 bits per heavy atom. The summed E-state index contributed by atoms with van der Waals surface area (Å²) in [7, 11) is 0. The van der Waals surface area contributed by atoms with Gasteiger partial charge in [0.25, 0.3) is 0 Å². The van der Waals surface area contributed by atoms with Crippen molar-refractivity contribution in [2.24, 2.45) is 5.41 Å². The Morgan fingerprint density at radius 2 is 1.67 bits per heavy atom. The first kappa shape index (κ1) is 13.1. The molecule has 1 radical (unpaired) electrons. The van der Waals surface area contributed by atoms with Gasteiger partial charge < -0.3 is 0 Å². The molecule has 1 fully saturated rings. The lowest BCUT2D eigenvalue weighted by molar-refractivity contribution is 0.163. The second kappa shape index (κ2) is 6.55. The van der Waals surface area contributed by atoms with Crippen LogP contribution in [-0.4, -0.2) is 0 Å². The first-order valence-electron chi connectivity index (χ1n) is 7.10. The fourth-order valence-corrected chi connectivity index (χ4v) is 3.60. The quantitative estimate of drug-likeness (QED) is 0.540. The van der Waals surface area contributed by atoms with Crippen LogP contribution in [0.5, 0.6) is 0 Å². The van der Waals surface area contributed by atoms with Crippen LogP contribution in [0.4, 0.5) is 0 Å². The highest BCUT2D eigenvalue weighted by Crippen LogP contribution is 2.48. The van der Waals surface area contributed by atoms with Crippen molar-refractivity contribution in [3.8, 4) is 0 Å². The standard InChI is InChI=1S/C15H29/c1-4-8-14-9-7-12-15(13-14,10-5-2)11-6-3/h4-13H2,1-3H3. The van der Waals surface area contributed by atoms with Gasteiger partial charge in [-0.2, -0.15) is 0 Å².